The second kappa shape index (κ2) is 9.16. The zero-order valence-electron chi connectivity index (χ0n) is 18.0. The molecule has 0 aromatic heterocycles. The molecule has 2 aromatic carbocycles. The lowest BCUT2D eigenvalue weighted by atomic mass is 9.80. The number of carbonyl (C=O) groups excluding carboxylic acids is 2. The van der Waals surface area contributed by atoms with Crippen LogP contribution in [-0.4, -0.2) is 53.6 Å². The second-order valence-electron chi connectivity index (χ2n) is 8.24. The van der Waals surface area contributed by atoms with Gasteiger partial charge in [0.1, 0.15) is 11.6 Å². The molecular weight excluding hydrogens is 414 g/mol. The minimum Gasteiger partial charge on any atom is -0.340 e. The van der Waals surface area contributed by atoms with E-state index >= 15 is 0 Å². The van der Waals surface area contributed by atoms with Gasteiger partial charge in [0.05, 0.1) is 17.8 Å². The number of hydrogen-bond donors (Lipinski definition) is 1. The van der Waals surface area contributed by atoms with Crippen molar-refractivity contribution in [2.24, 2.45) is 5.10 Å². The molecule has 0 aliphatic carbocycles. The molecule has 0 bridgehead atoms. The summed E-state index contributed by atoms with van der Waals surface area (Å²) in [5, 5.41) is 8.93. The fourth-order valence-corrected chi connectivity index (χ4v) is 4.60. The minimum absolute atomic E-state index is 0.0543. The number of piperazine rings is 1. The van der Waals surface area contributed by atoms with Gasteiger partial charge in [-0.2, -0.15) is 5.10 Å². The van der Waals surface area contributed by atoms with Crippen molar-refractivity contribution in [3.05, 3.63) is 71.3 Å². The molecule has 2 aliphatic heterocycles. The largest absolute Gasteiger partial charge is 0.340 e. The lowest BCUT2D eigenvalue weighted by molar-refractivity contribution is -0.136. The van der Waals surface area contributed by atoms with Crippen LogP contribution in [0.5, 0.6) is 0 Å². The Hall–Kier alpha value is -3.13. The van der Waals surface area contributed by atoms with Crippen LogP contribution in [-0.2, 0) is 15.1 Å². The molecule has 8 heteroatoms. The highest BCUT2D eigenvalue weighted by atomic mass is 19.1. The van der Waals surface area contributed by atoms with E-state index in [0.29, 0.717) is 38.2 Å². The second-order valence-corrected chi connectivity index (χ2v) is 8.24. The average Bonchev–Trinajstić information content (AvgIpc) is 3.18. The smallest absolute Gasteiger partial charge is 0.240 e. The molecule has 1 atom stereocenters. The molecule has 6 nitrogen and oxygen atoms in total. The van der Waals surface area contributed by atoms with Gasteiger partial charge in [0.25, 0.3) is 0 Å². The summed E-state index contributed by atoms with van der Waals surface area (Å²) in [6, 6.07) is 12.8. The van der Waals surface area contributed by atoms with Crippen LogP contribution in [0.1, 0.15) is 37.3 Å². The van der Waals surface area contributed by atoms with Gasteiger partial charge in [0, 0.05) is 38.5 Å². The molecule has 0 spiro atoms. The maximum Gasteiger partial charge on any atom is 0.240 e. The topological polar surface area (TPSA) is 65.0 Å². The highest BCUT2D eigenvalue weighted by Gasteiger charge is 2.46. The van der Waals surface area contributed by atoms with E-state index in [-0.39, 0.29) is 23.8 Å². The molecule has 1 fully saturated rings. The SMILES string of the molecule is CC(=O)N1N=C(c2cc(F)ccc2F)C[C@@]1(CCCN1CCNCC1=O)c1ccccc1. The van der Waals surface area contributed by atoms with E-state index in [1.54, 1.807) is 0 Å². The molecule has 1 saturated heterocycles. The van der Waals surface area contributed by atoms with Crippen LogP contribution in [0.3, 0.4) is 0 Å². The van der Waals surface area contributed by atoms with Crippen molar-refractivity contribution in [2.75, 3.05) is 26.2 Å². The highest BCUT2D eigenvalue weighted by Crippen LogP contribution is 2.43. The van der Waals surface area contributed by atoms with E-state index in [4.69, 9.17) is 0 Å². The number of hydrazone groups is 1. The average molecular weight is 440 g/mol. The summed E-state index contributed by atoms with van der Waals surface area (Å²) in [6.07, 6.45) is 1.42. The predicted octanol–water partition coefficient (Wildman–Crippen LogP) is 3.03. The molecule has 2 aromatic rings. The molecule has 0 saturated carbocycles. The van der Waals surface area contributed by atoms with Crippen LogP contribution in [0.25, 0.3) is 0 Å². The van der Waals surface area contributed by atoms with Crippen LogP contribution in [0.15, 0.2) is 53.6 Å². The fourth-order valence-electron chi connectivity index (χ4n) is 4.60. The monoisotopic (exact) mass is 440 g/mol. The van der Waals surface area contributed by atoms with Crippen molar-refractivity contribution in [3.63, 3.8) is 0 Å². The Morgan fingerprint density at radius 2 is 1.97 bits per heavy atom. The van der Waals surface area contributed by atoms with E-state index in [9.17, 15) is 18.4 Å². The summed E-state index contributed by atoms with van der Waals surface area (Å²) in [4.78, 5) is 26.6. The van der Waals surface area contributed by atoms with Crippen molar-refractivity contribution in [1.29, 1.82) is 0 Å². The first-order valence-corrected chi connectivity index (χ1v) is 10.8. The summed E-state index contributed by atoms with van der Waals surface area (Å²) in [7, 11) is 0. The van der Waals surface area contributed by atoms with Gasteiger partial charge >= 0.3 is 0 Å². The number of hydrogen-bond acceptors (Lipinski definition) is 4. The number of amides is 2. The molecule has 2 aliphatic rings. The molecule has 0 unspecified atom stereocenters. The van der Waals surface area contributed by atoms with Gasteiger partial charge in [0.15, 0.2) is 0 Å². The molecule has 32 heavy (non-hydrogen) atoms. The number of rotatable bonds is 6. The molecule has 1 N–H and O–H groups in total. The van der Waals surface area contributed by atoms with E-state index < -0.39 is 17.2 Å². The van der Waals surface area contributed by atoms with E-state index in [1.165, 1.54) is 11.9 Å². The first-order valence-electron chi connectivity index (χ1n) is 10.8. The summed E-state index contributed by atoms with van der Waals surface area (Å²) in [5.41, 5.74) is 0.432. The number of halogens is 2. The van der Waals surface area contributed by atoms with Crippen molar-refractivity contribution in [3.8, 4) is 0 Å². The molecule has 0 radical (unpaired) electrons. The van der Waals surface area contributed by atoms with E-state index in [2.05, 4.69) is 10.4 Å². The molecule has 2 amide bonds. The molecule has 168 valence electrons. The Morgan fingerprint density at radius 1 is 1.19 bits per heavy atom. The Labute approximate surface area is 185 Å². The lowest BCUT2D eigenvalue weighted by Crippen LogP contribution is -2.49. The molecule has 4 rings (SSSR count). The number of nitrogens with zero attached hydrogens (tertiary/aromatic N) is 3. The molecule has 2 heterocycles. The van der Waals surface area contributed by atoms with Gasteiger partial charge in [0.2, 0.25) is 11.8 Å². The van der Waals surface area contributed by atoms with Gasteiger partial charge in [-0.15, -0.1) is 0 Å². The third-order valence-electron chi connectivity index (χ3n) is 6.14. The van der Waals surface area contributed by atoms with Crippen LogP contribution in [0.4, 0.5) is 8.78 Å². The van der Waals surface area contributed by atoms with Crippen LogP contribution >= 0.6 is 0 Å². The van der Waals surface area contributed by atoms with Crippen LogP contribution in [0.2, 0.25) is 0 Å². The Kier molecular flexibility index (Phi) is 6.32. The maximum absolute atomic E-state index is 14.5. The third-order valence-corrected chi connectivity index (χ3v) is 6.14. The van der Waals surface area contributed by atoms with Crippen molar-refractivity contribution in [1.82, 2.24) is 15.2 Å². The van der Waals surface area contributed by atoms with Gasteiger partial charge < -0.3 is 10.2 Å². The first kappa shape index (κ1) is 22.1. The van der Waals surface area contributed by atoms with Crippen molar-refractivity contribution >= 4 is 17.5 Å². The van der Waals surface area contributed by atoms with Crippen LogP contribution in [0, 0.1) is 11.6 Å². The van der Waals surface area contributed by atoms with Gasteiger partial charge in [-0.25, -0.2) is 13.8 Å². The Bertz CT molecular complexity index is 1040. The molecular formula is C24H26F2N4O2. The van der Waals surface area contributed by atoms with Gasteiger partial charge in [-0.1, -0.05) is 30.3 Å². The summed E-state index contributed by atoms with van der Waals surface area (Å²) in [6.45, 7) is 3.71. The van der Waals surface area contributed by atoms with Gasteiger partial charge in [-0.05, 0) is 36.6 Å². The van der Waals surface area contributed by atoms with Crippen LogP contribution < -0.4 is 5.32 Å². The summed E-state index contributed by atoms with van der Waals surface area (Å²) < 4.78 is 28.4. The maximum atomic E-state index is 14.5. The first-order chi connectivity index (χ1) is 15.4. The quantitative estimate of drug-likeness (QED) is 0.751. The standard InChI is InChI=1S/C24H26F2N4O2/c1-17(31)30-24(18-6-3-2-4-7-18,10-5-12-29-13-11-27-16-23(29)32)15-22(28-30)20-14-19(25)8-9-21(20)26/h2-4,6-9,14,27H,5,10-13,15-16H2,1H3/t24-/m0/s1. The van der Waals surface area contributed by atoms with Crippen molar-refractivity contribution in [2.45, 2.75) is 31.7 Å². The summed E-state index contributed by atoms with van der Waals surface area (Å²) >= 11 is 0. The summed E-state index contributed by atoms with van der Waals surface area (Å²) in [5.74, 6) is -1.37. The Morgan fingerprint density at radius 3 is 2.69 bits per heavy atom. The fraction of sp³-hybridized carbons (Fsp3) is 0.375. The highest BCUT2D eigenvalue weighted by molar-refractivity contribution is 6.04. The van der Waals surface area contributed by atoms with E-state index in [0.717, 1.165) is 30.3 Å². The predicted molar refractivity (Wildman–Crippen MR) is 117 cm³/mol. The normalized spacial score (nSPS) is 21.1. The number of nitrogens with one attached hydrogen (secondary N) is 1. The lowest BCUT2D eigenvalue weighted by Gasteiger charge is -2.37. The number of carbonyl (C=O) groups is 2. The third kappa shape index (κ3) is 4.27. The van der Waals surface area contributed by atoms with Crippen molar-refractivity contribution < 1.29 is 18.4 Å². The minimum atomic E-state index is -0.835. The van der Waals surface area contributed by atoms with E-state index in [1.807, 2.05) is 35.2 Å². The zero-order chi connectivity index (χ0) is 22.7. The number of benzene rings is 2. The Balaban J connectivity index is 1.66. The van der Waals surface area contributed by atoms with Gasteiger partial charge in [-0.3, -0.25) is 9.59 Å². The zero-order valence-corrected chi connectivity index (χ0v) is 18.0.